The van der Waals surface area contributed by atoms with Crippen molar-refractivity contribution < 1.29 is 9.66 Å². The first-order chi connectivity index (χ1) is 6.68. The van der Waals surface area contributed by atoms with Crippen LogP contribution in [0, 0.1) is 10.1 Å². The van der Waals surface area contributed by atoms with Gasteiger partial charge >= 0.3 is 5.82 Å². The van der Waals surface area contributed by atoms with Gasteiger partial charge < -0.3 is 14.9 Å². The Balaban J connectivity index is 2.30. The van der Waals surface area contributed by atoms with E-state index in [4.69, 9.17) is 4.74 Å². The van der Waals surface area contributed by atoms with Gasteiger partial charge in [-0.3, -0.25) is 0 Å². The number of nitrogens with zero attached hydrogens (tertiary/aromatic N) is 2. The predicted octanol–water partition coefficient (Wildman–Crippen LogP) is 2.29. The van der Waals surface area contributed by atoms with Gasteiger partial charge in [-0.25, -0.2) is 0 Å². The molecule has 1 aromatic heterocycles. The largest absolute Gasteiger partial charge is 0.489 e. The standard InChI is InChI=1S/C8H7BrN2O3/c9-7-6(14-5-1-2-5)3-4-10-8(7)11(12)13/h3-5H,1-2H2. The topological polar surface area (TPSA) is 65.3 Å². The van der Waals surface area contributed by atoms with Crippen LogP contribution in [0.15, 0.2) is 16.7 Å². The van der Waals surface area contributed by atoms with Gasteiger partial charge in [0.1, 0.15) is 11.9 Å². The Kier molecular flexibility index (Phi) is 2.37. The predicted molar refractivity (Wildman–Crippen MR) is 52.2 cm³/mol. The zero-order valence-corrected chi connectivity index (χ0v) is 8.73. The molecule has 0 saturated heterocycles. The quantitative estimate of drug-likeness (QED) is 0.617. The van der Waals surface area contributed by atoms with Gasteiger partial charge in [-0.1, -0.05) is 0 Å². The lowest BCUT2D eigenvalue weighted by molar-refractivity contribution is -0.390. The molecule has 0 atom stereocenters. The summed E-state index contributed by atoms with van der Waals surface area (Å²) in [7, 11) is 0. The van der Waals surface area contributed by atoms with Crippen LogP contribution in [0.3, 0.4) is 0 Å². The maximum Gasteiger partial charge on any atom is 0.381 e. The molecule has 0 radical (unpaired) electrons. The van der Waals surface area contributed by atoms with E-state index < -0.39 is 4.92 Å². The summed E-state index contributed by atoms with van der Waals surface area (Å²) in [4.78, 5) is 13.6. The van der Waals surface area contributed by atoms with Crippen LogP contribution < -0.4 is 4.74 Å². The van der Waals surface area contributed by atoms with Crippen LogP contribution in [-0.4, -0.2) is 16.0 Å². The van der Waals surface area contributed by atoms with Crippen LogP contribution >= 0.6 is 15.9 Å². The number of aromatic nitrogens is 1. The first-order valence-corrected chi connectivity index (χ1v) is 4.93. The number of pyridine rings is 1. The lowest BCUT2D eigenvalue weighted by Gasteiger charge is -2.05. The maximum absolute atomic E-state index is 10.5. The molecule has 1 aromatic rings. The van der Waals surface area contributed by atoms with Gasteiger partial charge in [0.25, 0.3) is 0 Å². The van der Waals surface area contributed by atoms with Crippen molar-refractivity contribution in [1.82, 2.24) is 4.98 Å². The van der Waals surface area contributed by atoms with Crippen LogP contribution in [0.1, 0.15) is 12.8 Å². The van der Waals surface area contributed by atoms with Crippen LogP contribution in [0.25, 0.3) is 0 Å². The number of halogens is 1. The molecule has 1 saturated carbocycles. The molecule has 6 heteroatoms. The molecular weight excluding hydrogens is 252 g/mol. The summed E-state index contributed by atoms with van der Waals surface area (Å²) < 4.78 is 5.77. The van der Waals surface area contributed by atoms with E-state index in [9.17, 15) is 10.1 Å². The van der Waals surface area contributed by atoms with Crippen molar-refractivity contribution in [1.29, 1.82) is 0 Å². The molecule has 14 heavy (non-hydrogen) atoms. The lowest BCUT2D eigenvalue weighted by atomic mass is 10.4. The van der Waals surface area contributed by atoms with Crippen LogP contribution in [0.4, 0.5) is 5.82 Å². The summed E-state index contributed by atoms with van der Waals surface area (Å²) in [5.41, 5.74) is 0. The Bertz CT molecular complexity index is 379. The number of nitro groups is 1. The zero-order chi connectivity index (χ0) is 10.1. The van der Waals surface area contributed by atoms with E-state index in [0.717, 1.165) is 12.8 Å². The zero-order valence-electron chi connectivity index (χ0n) is 7.14. The monoisotopic (exact) mass is 258 g/mol. The molecule has 2 rings (SSSR count). The van der Waals surface area contributed by atoms with E-state index >= 15 is 0 Å². The summed E-state index contributed by atoms with van der Waals surface area (Å²) in [5.74, 6) is 0.289. The molecule has 0 amide bonds. The summed E-state index contributed by atoms with van der Waals surface area (Å²) in [6.45, 7) is 0. The highest BCUT2D eigenvalue weighted by molar-refractivity contribution is 9.10. The van der Waals surface area contributed by atoms with Crippen molar-refractivity contribution in [3.8, 4) is 5.75 Å². The van der Waals surface area contributed by atoms with E-state index in [2.05, 4.69) is 20.9 Å². The van der Waals surface area contributed by atoms with Crippen molar-refractivity contribution >= 4 is 21.7 Å². The second-order valence-corrected chi connectivity index (χ2v) is 3.81. The van der Waals surface area contributed by atoms with E-state index in [0.29, 0.717) is 10.2 Å². The molecule has 74 valence electrons. The molecule has 0 unspecified atom stereocenters. The minimum Gasteiger partial charge on any atom is -0.489 e. The van der Waals surface area contributed by atoms with Gasteiger partial charge in [-0.05, 0) is 38.7 Å². The Morgan fingerprint density at radius 2 is 2.36 bits per heavy atom. The fraction of sp³-hybridized carbons (Fsp3) is 0.375. The first-order valence-electron chi connectivity index (χ1n) is 4.14. The first kappa shape index (κ1) is 9.39. The second-order valence-electron chi connectivity index (χ2n) is 3.02. The van der Waals surface area contributed by atoms with Gasteiger partial charge in [0.15, 0.2) is 4.47 Å². The fourth-order valence-corrected chi connectivity index (χ4v) is 1.47. The Morgan fingerprint density at radius 3 is 2.93 bits per heavy atom. The van der Waals surface area contributed by atoms with Gasteiger partial charge in [0.2, 0.25) is 0 Å². The second kappa shape index (κ2) is 3.53. The Morgan fingerprint density at radius 1 is 1.64 bits per heavy atom. The molecule has 0 spiro atoms. The summed E-state index contributed by atoms with van der Waals surface area (Å²) in [6, 6.07) is 1.62. The average molecular weight is 259 g/mol. The molecule has 1 fully saturated rings. The Labute approximate surface area is 88.4 Å². The van der Waals surface area contributed by atoms with E-state index in [1.165, 1.54) is 6.20 Å². The molecule has 0 aliphatic heterocycles. The maximum atomic E-state index is 10.5. The minimum absolute atomic E-state index is 0.205. The smallest absolute Gasteiger partial charge is 0.381 e. The highest BCUT2D eigenvalue weighted by atomic mass is 79.9. The van der Waals surface area contributed by atoms with E-state index in [1.807, 2.05) is 0 Å². The summed E-state index contributed by atoms with van der Waals surface area (Å²) in [5, 5.41) is 10.5. The van der Waals surface area contributed by atoms with Crippen molar-refractivity contribution in [3.63, 3.8) is 0 Å². The van der Waals surface area contributed by atoms with Crippen molar-refractivity contribution in [2.24, 2.45) is 0 Å². The van der Waals surface area contributed by atoms with Gasteiger partial charge in [0, 0.05) is 6.07 Å². The molecule has 0 aromatic carbocycles. The molecule has 0 bridgehead atoms. The van der Waals surface area contributed by atoms with Crippen molar-refractivity contribution in [2.75, 3.05) is 0 Å². The van der Waals surface area contributed by atoms with Crippen LogP contribution in [0.2, 0.25) is 0 Å². The summed E-state index contributed by atoms with van der Waals surface area (Å²) in [6.07, 6.45) is 3.62. The third-order valence-corrected chi connectivity index (χ3v) is 2.57. The molecule has 1 heterocycles. The molecule has 1 aliphatic carbocycles. The lowest BCUT2D eigenvalue weighted by Crippen LogP contribution is -2.00. The molecule has 0 N–H and O–H groups in total. The van der Waals surface area contributed by atoms with Crippen LogP contribution in [-0.2, 0) is 0 Å². The third kappa shape index (κ3) is 1.84. The normalized spacial score (nSPS) is 15.2. The molecule has 5 nitrogen and oxygen atoms in total. The van der Waals surface area contributed by atoms with Crippen molar-refractivity contribution in [2.45, 2.75) is 18.9 Å². The SMILES string of the molecule is O=[N+]([O-])c1nccc(OC2CC2)c1Br. The number of hydrogen-bond donors (Lipinski definition) is 0. The van der Waals surface area contributed by atoms with Gasteiger partial charge in [0.05, 0.1) is 6.10 Å². The third-order valence-electron chi connectivity index (χ3n) is 1.83. The van der Waals surface area contributed by atoms with Gasteiger partial charge in [-0.15, -0.1) is 0 Å². The minimum atomic E-state index is -0.538. The summed E-state index contributed by atoms with van der Waals surface area (Å²) >= 11 is 3.11. The van der Waals surface area contributed by atoms with E-state index in [-0.39, 0.29) is 11.9 Å². The fourth-order valence-electron chi connectivity index (χ4n) is 0.999. The average Bonchev–Trinajstić information content (AvgIpc) is 2.92. The number of ether oxygens (including phenoxy) is 1. The highest BCUT2D eigenvalue weighted by Crippen LogP contribution is 2.35. The van der Waals surface area contributed by atoms with Gasteiger partial charge in [-0.2, -0.15) is 0 Å². The number of rotatable bonds is 3. The molecule has 1 aliphatic rings. The number of hydrogen-bond acceptors (Lipinski definition) is 4. The Hall–Kier alpha value is -1.17. The van der Waals surface area contributed by atoms with Crippen molar-refractivity contribution in [3.05, 3.63) is 26.9 Å². The highest BCUT2D eigenvalue weighted by Gasteiger charge is 2.26. The van der Waals surface area contributed by atoms with Crippen LogP contribution in [0.5, 0.6) is 5.75 Å². The van der Waals surface area contributed by atoms with E-state index in [1.54, 1.807) is 6.07 Å². The molecular formula is C8H7BrN2O3.